The smallest absolute Gasteiger partial charge is 0.124 e. The fourth-order valence-corrected chi connectivity index (χ4v) is 6.70. The lowest BCUT2D eigenvalue weighted by atomic mass is 9.99. The Morgan fingerprint density at radius 3 is 0.667 bits per heavy atom. The van der Waals surface area contributed by atoms with Crippen LogP contribution in [0.1, 0.15) is 44.5 Å². The average molecular weight is 789 g/mol. The first-order chi connectivity index (χ1) is 29.4. The first-order valence-electron chi connectivity index (χ1n) is 19.5. The molecule has 0 aliphatic rings. The molecule has 0 fully saturated rings. The molecule has 0 radical (unpaired) electrons. The van der Waals surface area contributed by atoms with E-state index in [9.17, 15) is 20.4 Å². The van der Waals surface area contributed by atoms with E-state index in [2.05, 4.69) is 20.0 Å². The Balaban J connectivity index is 0.000000181. The van der Waals surface area contributed by atoms with Gasteiger partial charge in [-0.15, -0.1) is 0 Å². The number of rotatable bonds is 12. The molecule has 0 bridgehead atoms. The van der Waals surface area contributed by atoms with Crippen LogP contribution in [0.5, 0.6) is 23.0 Å². The summed E-state index contributed by atoms with van der Waals surface area (Å²) >= 11 is 0. The molecule has 8 heteroatoms. The molecule has 8 rings (SSSR count). The Labute approximate surface area is 349 Å². The molecule has 4 N–H and O–H groups in total. The maximum absolute atomic E-state index is 10.4. The summed E-state index contributed by atoms with van der Waals surface area (Å²) in [7, 11) is 0. The molecular formula is C52H44N4O4. The highest BCUT2D eigenvalue weighted by atomic mass is 16.3. The highest BCUT2D eigenvalue weighted by Gasteiger charge is 2.12. The predicted octanol–water partition coefficient (Wildman–Crippen LogP) is 11.0. The molecule has 0 atom stereocenters. The summed E-state index contributed by atoms with van der Waals surface area (Å²) in [6.45, 7) is 2.11. The van der Waals surface area contributed by atoms with Gasteiger partial charge in [0.15, 0.2) is 0 Å². The molecule has 0 aromatic heterocycles. The van der Waals surface area contributed by atoms with Crippen LogP contribution < -0.4 is 0 Å². The zero-order valence-corrected chi connectivity index (χ0v) is 32.9. The van der Waals surface area contributed by atoms with Crippen LogP contribution in [0.3, 0.4) is 0 Å². The summed E-state index contributed by atoms with van der Waals surface area (Å²) in [6, 6.07) is 53.5. The van der Waals surface area contributed by atoms with Crippen molar-refractivity contribution in [1.29, 1.82) is 0 Å². The Morgan fingerprint density at radius 1 is 0.267 bits per heavy atom. The first-order valence-corrected chi connectivity index (χ1v) is 19.5. The van der Waals surface area contributed by atoms with Gasteiger partial charge in [-0.3, -0.25) is 20.0 Å². The molecule has 0 aliphatic heterocycles. The second-order valence-electron chi connectivity index (χ2n) is 14.0. The summed E-state index contributed by atoms with van der Waals surface area (Å²) < 4.78 is 0. The van der Waals surface area contributed by atoms with E-state index in [1.807, 2.05) is 121 Å². The van der Waals surface area contributed by atoms with Gasteiger partial charge in [-0.1, -0.05) is 121 Å². The van der Waals surface area contributed by atoms with E-state index in [0.29, 0.717) is 48.4 Å². The zero-order chi connectivity index (χ0) is 41.5. The van der Waals surface area contributed by atoms with Crippen LogP contribution in [-0.4, -0.2) is 45.3 Å². The molecule has 8 aromatic rings. The standard InChI is InChI=1S/2C26H22N2O2/c2*29-25-13-12-22-21(23(25)17-27-15-19-7-3-1-4-8-19)11-14-26(30)24(22)18-28-16-20-9-5-2-6-10-20/h2*1-14,17-18,29-30H,15-16H2. The fourth-order valence-electron chi connectivity index (χ4n) is 6.70. The lowest BCUT2D eigenvalue weighted by Gasteiger charge is -2.09. The number of fused-ring (bicyclic) bond motifs is 2. The minimum absolute atomic E-state index is 0.150. The van der Waals surface area contributed by atoms with E-state index < -0.39 is 0 Å². The Morgan fingerprint density at radius 2 is 0.467 bits per heavy atom. The molecule has 296 valence electrons. The van der Waals surface area contributed by atoms with E-state index in [-0.39, 0.29) is 23.0 Å². The Bertz CT molecular complexity index is 2400. The summed E-state index contributed by atoms with van der Waals surface area (Å²) in [4.78, 5) is 18.0. The van der Waals surface area contributed by atoms with Crippen molar-refractivity contribution in [2.45, 2.75) is 26.2 Å². The molecule has 60 heavy (non-hydrogen) atoms. The van der Waals surface area contributed by atoms with Crippen molar-refractivity contribution in [1.82, 2.24) is 0 Å². The Kier molecular flexibility index (Phi) is 13.5. The van der Waals surface area contributed by atoms with Gasteiger partial charge in [0, 0.05) is 47.1 Å². The van der Waals surface area contributed by atoms with E-state index in [4.69, 9.17) is 0 Å². The van der Waals surface area contributed by atoms with E-state index in [0.717, 1.165) is 43.8 Å². The largest absolute Gasteiger partial charge is 0.507 e. The molecule has 0 spiro atoms. The van der Waals surface area contributed by atoms with Gasteiger partial charge in [-0.25, -0.2) is 0 Å². The van der Waals surface area contributed by atoms with E-state index >= 15 is 0 Å². The van der Waals surface area contributed by atoms with Crippen molar-refractivity contribution < 1.29 is 20.4 Å². The maximum atomic E-state index is 10.4. The van der Waals surface area contributed by atoms with Crippen LogP contribution in [0.2, 0.25) is 0 Å². The summed E-state index contributed by atoms with van der Waals surface area (Å²) in [5, 5.41) is 44.9. The first kappa shape index (κ1) is 40.4. The second kappa shape index (κ2) is 20.0. The highest BCUT2D eigenvalue weighted by Crippen LogP contribution is 2.33. The number of phenols is 4. The molecular weight excluding hydrogens is 745 g/mol. The van der Waals surface area contributed by atoms with Gasteiger partial charge in [0.05, 0.1) is 26.2 Å². The molecule has 0 heterocycles. The number of nitrogens with zero attached hydrogens (tertiary/aromatic N) is 4. The molecule has 8 aromatic carbocycles. The van der Waals surface area contributed by atoms with Gasteiger partial charge in [0.1, 0.15) is 23.0 Å². The quantitative estimate of drug-likeness (QED) is 0.0918. The monoisotopic (exact) mass is 788 g/mol. The van der Waals surface area contributed by atoms with Gasteiger partial charge in [-0.05, 0) is 92.3 Å². The van der Waals surface area contributed by atoms with Crippen molar-refractivity contribution in [3.05, 3.63) is 214 Å². The van der Waals surface area contributed by atoms with Crippen LogP contribution >= 0.6 is 0 Å². The van der Waals surface area contributed by atoms with Crippen LogP contribution in [0.15, 0.2) is 190 Å². The summed E-state index contributed by atoms with van der Waals surface area (Å²) in [5.74, 6) is 0.601. The number of aliphatic imine (C=N–C) groups is 4. The van der Waals surface area contributed by atoms with E-state index in [1.165, 1.54) is 0 Å². The third kappa shape index (κ3) is 10.4. The van der Waals surface area contributed by atoms with Gasteiger partial charge in [0.2, 0.25) is 0 Å². The number of aromatic hydroxyl groups is 4. The molecule has 0 saturated carbocycles. The van der Waals surface area contributed by atoms with Crippen molar-refractivity contribution in [2.24, 2.45) is 20.0 Å². The minimum Gasteiger partial charge on any atom is -0.507 e. The van der Waals surface area contributed by atoms with Gasteiger partial charge in [0.25, 0.3) is 0 Å². The molecule has 0 aliphatic carbocycles. The van der Waals surface area contributed by atoms with Crippen molar-refractivity contribution in [2.75, 3.05) is 0 Å². The number of hydrogen-bond donors (Lipinski definition) is 4. The molecule has 0 saturated heterocycles. The van der Waals surface area contributed by atoms with Gasteiger partial charge in [-0.2, -0.15) is 0 Å². The number of hydrogen-bond acceptors (Lipinski definition) is 8. The maximum Gasteiger partial charge on any atom is 0.124 e. The third-order valence-electron chi connectivity index (χ3n) is 9.82. The molecule has 0 amide bonds. The predicted molar refractivity (Wildman–Crippen MR) is 246 cm³/mol. The van der Waals surface area contributed by atoms with Crippen LogP contribution in [0.4, 0.5) is 0 Å². The molecule has 0 unspecified atom stereocenters. The zero-order valence-electron chi connectivity index (χ0n) is 32.9. The van der Waals surface area contributed by atoms with Crippen molar-refractivity contribution >= 4 is 46.4 Å². The van der Waals surface area contributed by atoms with Crippen LogP contribution in [0, 0.1) is 0 Å². The summed E-state index contributed by atoms with van der Waals surface area (Å²) in [5.41, 5.74) is 6.89. The second-order valence-corrected chi connectivity index (χ2v) is 14.0. The lowest BCUT2D eigenvalue weighted by Crippen LogP contribution is -1.93. The van der Waals surface area contributed by atoms with Gasteiger partial charge >= 0.3 is 0 Å². The highest BCUT2D eigenvalue weighted by molar-refractivity contribution is 6.10. The van der Waals surface area contributed by atoms with Crippen LogP contribution in [-0.2, 0) is 26.2 Å². The fraction of sp³-hybridized carbons (Fsp3) is 0.0769. The average Bonchev–Trinajstić information content (AvgIpc) is 3.28. The van der Waals surface area contributed by atoms with Crippen molar-refractivity contribution in [3.8, 4) is 23.0 Å². The topological polar surface area (TPSA) is 130 Å². The molecule has 8 nitrogen and oxygen atoms in total. The van der Waals surface area contributed by atoms with E-state index in [1.54, 1.807) is 73.4 Å². The van der Waals surface area contributed by atoms with Crippen molar-refractivity contribution in [3.63, 3.8) is 0 Å². The normalized spacial score (nSPS) is 11.6. The lowest BCUT2D eigenvalue weighted by molar-refractivity contribution is 0.473. The minimum atomic E-state index is 0.150. The third-order valence-corrected chi connectivity index (χ3v) is 9.82. The number of phenolic OH excluding ortho intramolecular Hbond substituents is 4. The SMILES string of the molecule is Oc1ccc2c(C=NCc3ccccc3)c(O)ccc2c1C=NCc1ccccc1.Oc1ccc2c(C=NCc3ccccc3)c(O)ccc2c1C=NCc1ccccc1. The van der Waals surface area contributed by atoms with Gasteiger partial charge < -0.3 is 20.4 Å². The summed E-state index contributed by atoms with van der Waals surface area (Å²) in [6.07, 6.45) is 6.75. The Hall–Kier alpha value is -7.84. The number of benzene rings is 8. The van der Waals surface area contributed by atoms with Crippen LogP contribution in [0.25, 0.3) is 21.5 Å².